The van der Waals surface area contributed by atoms with Crippen LogP contribution in [0.3, 0.4) is 0 Å². The molecule has 29 heavy (non-hydrogen) atoms. The average molecular weight is 382 g/mol. The molecule has 0 spiro atoms. The van der Waals surface area contributed by atoms with Crippen molar-refractivity contribution in [3.05, 3.63) is 95.1 Å². The molecule has 0 fully saturated rings. The van der Waals surface area contributed by atoms with E-state index in [-0.39, 0.29) is 0 Å². The summed E-state index contributed by atoms with van der Waals surface area (Å²) in [5, 5.41) is 13.4. The Morgan fingerprint density at radius 3 is 2.72 bits per heavy atom. The van der Waals surface area contributed by atoms with Crippen LogP contribution in [0.5, 0.6) is 0 Å². The van der Waals surface area contributed by atoms with Crippen molar-refractivity contribution < 1.29 is 4.42 Å². The number of benzene rings is 1. The van der Waals surface area contributed by atoms with E-state index >= 15 is 0 Å². The van der Waals surface area contributed by atoms with Gasteiger partial charge in [-0.15, -0.1) is 0 Å². The fourth-order valence-corrected chi connectivity index (χ4v) is 4.27. The van der Waals surface area contributed by atoms with Gasteiger partial charge in [-0.25, -0.2) is 0 Å². The fraction of sp³-hybridized carbons (Fsp3) is 0.208. The molecule has 1 aromatic carbocycles. The topological polar surface area (TPSA) is 56.6 Å². The normalized spacial score (nSPS) is 13.9. The number of nitrogens with zero attached hydrogens (tertiary/aromatic N) is 3. The molecule has 5 nitrogen and oxygen atoms in total. The van der Waals surface area contributed by atoms with Gasteiger partial charge in [0.2, 0.25) is 0 Å². The zero-order valence-electron chi connectivity index (χ0n) is 16.1. The van der Waals surface area contributed by atoms with E-state index in [0.29, 0.717) is 6.54 Å². The standard InChI is InChI=1S/C24H22N4O/c25-14-21-20-10-12-27(16-18-6-2-1-3-7-18)17-22(20)23-9-4-11-28(23)24(21)26-15-19-8-5-13-29-19/h1-9,11,13,26H,10,12,15-17H2. The minimum atomic E-state index is 0.549. The van der Waals surface area contributed by atoms with Gasteiger partial charge >= 0.3 is 0 Å². The minimum Gasteiger partial charge on any atom is -0.467 e. The van der Waals surface area contributed by atoms with E-state index in [1.807, 2.05) is 24.4 Å². The molecule has 1 aliphatic rings. The molecule has 0 unspecified atom stereocenters. The van der Waals surface area contributed by atoms with Crippen LogP contribution >= 0.6 is 0 Å². The summed E-state index contributed by atoms with van der Waals surface area (Å²) in [4.78, 5) is 2.46. The molecule has 1 N–H and O–H groups in total. The van der Waals surface area contributed by atoms with Crippen LogP contribution in [0.4, 0.5) is 5.82 Å². The Balaban J connectivity index is 1.50. The predicted octanol–water partition coefficient (Wildman–Crippen LogP) is 4.57. The number of aromatic nitrogens is 1. The van der Waals surface area contributed by atoms with Crippen molar-refractivity contribution in [3.63, 3.8) is 0 Å². The summed E-state index contributed by atoms with van der Waals surface area (Å²) >= 11 is 0. The number of furan rings is 1. The maximum atomic E-state index is 9.99. The Hall–Kier alpha value is -3.49. The highest BCUT2D eigenvalue weighted by Crippen LogP contribution is 2.33. The highest BCUT2D eigenvalue weighted by Gasteiger charge is 2.25. The van der Waals surface area contributed by atoms with Gasteiger partial charge in [0.25, 0.3) is 0 Å². The SMILES string of the molecule is N#Cc1c2c(c3cccn3c1NCc1ccco1)CN(Cc1ccccc1)CC2. The lowest BCUT2D eigenvalue weighted by atomic mass is 9.94. The predicted molar refractivity (Wildman–Crippen MR) is 112 cm³/mol. The lowest BCUT2D eigenvalue weighted by Gasteiger charge is -2.31. The molecular weight excluding hydrogens is 360 g/mol. The Bertz CT molecular complexity index is 1170. The number of nitriles is 1. The van der Waals surface area contributed by atoms with Crippen LogP contribution in [0.25, 0.3) is 5.52 Å². The molecule has 144 valence electrons. The number of hydrogen-bond acceptors (Lipinski definition) is 4. The molecule has 5 heteroatoms. The fourth-order valence-electron chi connectivity index (χ4n) is 4.27. The second-order valence-corrected chi connectivity index (χ2v) is 7.44. The lowest BCUT2D eigenvalue weighted by Crippen LogP contribution is -2.31. The van der Waals surface area contributed by atoms with Gasteiger partial charge < -0.3 is 14.1 Å². The highest BCUT2D eigenvalue weighted by molar-refractivity contribution is 5.71. The number of hydrogen-bond donors (Lipinski definition) is 1. The molecular formula is C24H22N4O. The van der Waals surface area contributed by atoms with E-state index in [9.17, 15) is 5.26 Å². The van der Waals surface area contributed by atoms with Crippen molar-refractivity contribution in [2.45, 2.75) is 26.1 Å². The van der Waals surface area contributed by atoms with Gasteiger partial charge in [-0.05, 0) is 47.4 Å². The van der Waals surface area contributed by atoms with E-state index in [4.69, 9.17) is 4.42 Å². The molecule has 3 aromatic heterocycles. The third-order valence-corrected chi connectivity index (χ3v) is 5.63. The van der Waals surface area contributed by atoms with Gasteiger partial charge in [-0.2, -0.15) is 5.26 Å². The van der Waals surface area contributed by atoms with Crippen LogP contribution in [0.2, 0.25) is 0 Å². The van der Waals surface area contributed by atoms with E-state index < -0.39 is 0 Å². The maximum Gasteiger partial charge on any atom is 0.129 e. The zero-order chi connectivity index (χ0) is 19.6. The molecule has 1 aliphatic heterocycles. The van der Waals surface area contributed by atoms with Crippen LogP contribution in [-0.2, 0) is 26.1 Å². The molecule has 5 rings (SSSR count). The minimum absolute atomic E-state index is 0.549. The van der Waals surface area contributed by atoms with E-state index in [2.05, 4.69) is 57.1 Å². The lowest BCUT2D eigenvalue weighted by molar-refractivity contribution is 0.246. The summed E-state index contributed by atoms with van der Waals surface area (Å²) in [6.45, 7) is 3.28. The largest absolute Gasteiger partial charge is 0.467 e. The molecule has 0 saturated carbocycles. The highest BCUT2D eigenvalue weighted by atomic mass is 16.3. The summed E-state index contributed by atoms with van der Waals surface area (Å²) in [5.41, 5.74) is 5.66. The first-order valence-electron chi connectivity index (χ1n) is 9.91. The second kappa shape index (κ2) is 7.50. The van der Waals surface area contributed by atoms with Gasteiger partial charge in [0.15, 0.2) is 0 Å². The van der Waals surface area contributed by atoms with Gasteiger partial charge in [-0.1, -0.05) is 30.3 Å². The van der Waals surface area contributed by atoms with Gasteiger partial charge in [0.05, 0.1) is 23.9 Å². The van der Waals surface area contributed by atoms with Crippen molar-refractivity contribution >= 4 is 11.3 Å². The first-order valence-corrected chi connectivity index (χ1v) is 9.91. The van der Waals surface area contributed by atoms with Crippen molar-refractivity contribution in [1.82, 2.24) is 9.30 Å². The first kappa shape index (κ1) is 17.6. The molecule has 0 saturated heterocycles. The Morgan fingerprint density at radius 1 is 1.03 bits per heavy atom. The van der Waals surface area contributed by atoms with Crippen molar-refractivity contribution in [2.24, 2.45) is 0 Å². The summed E-state index contributed by atoms with van der Waals surface area (Å²) < 4.78 is 7.55. The second-order valence-electron chi connectivity index (χ2n) is 7.44. The van der Waals surface area contributed by atoms with Crippen molar-refractivity contribution in [1.29, 1.82) is 5.26 Å². The first-order chi connectivity index (χ1) is 14.3. The third-order valence-electron chi connectivity index (χ3n) is 5.63. The monoisotopic (exact) mass is 382 g/mol. The van der Waals surface area contributed by atoms with Gasteiger partial charge in [-0.3, -0.25) is 4.90 Å². The quantitative estimate of drug-likeness (QED) is 0.549. The zero-order valence-corrected chi connectivity index (χ0v) is 16.1. The van der Waals surface area contributed by atoms with Crippen LogP contribution in [0.15, 0.2) is 71.5 Å². The molecule has 4 aromatic rings. The van der Waals surface area contributed by atoms with E-state index in [1.165, 1.54) is 22.2 Å². The molecule has 0 bridgehead atoms. The van der Waals surface area contributed by atoms with E-state index in [1.54, 1.807) is 6.26 Å². The number of nitrogens with one attached hydrogen (secondary N) is 1. The number of rotatable bonds is 5. The van der Waals surface area contributed by atoms with Gasteiger partial charge in [0, 0.05) is 25.8 Å². The van der Waals surface area contributed by atoms with Crippen LogP contribution in [-0.4, -0.2) is 15.8 Å². The summed E-state index contributed by atoms with van der Waals surface area (Å²) in [6.07, 6.45) is 4.57. The van der Waals surface area contributed by atoms with Crippen LogP contribution in [0, 0.1) is 11.3 Å². The number of pyridine rings is 1. The Labute approximate surface area is 169 Å². The average Bonchev–Trinajstić information content (AvgIpc) is 3.45. The van der Waals surface area contributed by atoms with Gasteiger partial charge in [0.1, 0.15) is 17.6 Å². The maximum absolute atomic E-state index is 9.99. The summed E-state index contributed by atoms with van der Waals surface area (Å²) in [6, 6.07) is 21.0. The Morgan fingerprint density at radius 2 is 1.93 bits per heavy atom. The molecule has 0 amide bonds. The number of anilines is 1. The smallest absolute Gasteiger partial charge is 0.129 e. The van der Waals surface area contributed by atoms with Crippen molar-refractivity contribution in [3.8, 4) is 6.07 Å². The molecule has 0 atom stereocenters. The molecule has 0 radical (unpaired) electrons. The Kier molecular flexibility index (Phi) is 4.55. The molecule has 0 aliphatic carbocycles. The van der Waals surface area contributed by atoms with E-state index in [0.717, 1.165) is 43.2 Å². The third kappa shape index (κ3) is 3.28. The van der Waals surface area contributed by atoms with Crippen LogP contribution < -0.4 is 5.32 Å². The summed E-state index contributed by atoms with van der Waals surface area (Å²) in [5.74, 6) is 1.69. The molecule has 4 heterocycles. The van der Waals surface area contributed by atoms with Crippen molar-refractivity contribution in [2.75, 3.05) is 11.9 Å². The number of fused-ring (bicyclic) bond motifs is 3. The van der Waals surface area contributed by atoms with Crippen LogP contribution in [0.1, 0.15) is 28.0 Å². The summed E-state index contributed by atoms with van der Waals surface area (Å²) in [7, 11) is 0.